The van der Waals surface area contributed by atoms with Crippen molar-refractivity contribution in [1.29, 1.82) is 0 Å². The highest BCUT2D eigenvalue weighted by atomic mass is 16.6. The van der Waals surface area contributed by atoms with Crippen molar-refractivity contribution in [3.63, 3.8) is 0 Å². The Kier molecular flexibility index (Phi) is 13.2. The molecule has 0 saturated carbocycles. The number of aliphatic hydroxyl groups excluding tert-OH is 3. The third-order valence-corrected chi connectivity index (χ3v) is 15.7. The van der Waals surface area contributed by atoms with Crippen molar-refractivity contribution in [2.45, 2.75) is 126 Å². The summed E-state index contributed by atoms with van der Waals surface area (Å²) in [5.74, 6) is 5.24. The molecule has 0 fully saturated rings. The fourth-order valence-electron chi connectivity index (χ4n) is 12.1. The molecular formula is C59H60O11. The third-order valence-electron chi connectivity index (χ3n) is 15.7. The van der Waals surface area contributed by atoms with E-state index in [1.54, 1.807) is 12.1 Å². The summed E-state index contributed by atoms with van der Waals surface area (Å²) in [5.41, 5.74) is 6.10. The maximum atomic E-state index is 15.3. The summed E-state index contributed by atoms with van der Waals surface area (Å²) in [6, 6.07) is 29.2. The molecular weight excluding hydrogens is 885 g/mol. The third kappa shape index (κ3) is 8.70. The Bertz CT molecular complexity index is 3020. The van der Waals surface area contributed by atoms with Gasteiger partial charge in [0.2, 0.25) is 0 Å². The molecule has 5 heterocycles. The number of esters is 2. The molecule has 70 heavy (non-hydrogen) atoms. The molecule has 0 saturated heterocycles. The van der Waals surface area contributed by atoms with E-state index >= 15 is 4.79 Å². The number of fused-ring (bicyclic) bond motifs is 7. The van der Waals surface area contributed by atoms with E-state index in [0.29, 0.717) is 30.2 Å². The highest BCUT2D eigenvalue weighted by Gasteiger charge is 2.54. The first-order chi connectivity index (χ1) is 33.9. The Labute approximate surface area is 408 Å². The molecule has 1 spiro atoms. The van der Waals surface area contributed by atoms with Crippen molar-refractivity contribution >= 4 is 22.9 Å². The van der Waals surface area contributed by atoms with Crippen LogP contribution < -0.4 is 10.4 Å². The SMILES string of the molecule is CC(C)=C1CCc2ccc3c(c2)C2C#CCC4(C)Oc5ccc6c(CO)c(C(CCO)COCO)c(=O)oc6c5C(OC(=O)CC5CC(c6cccc(Cc7ccccc7)c6)C=CC35CC2)C4OC1=O. The first-order valence-electron chi connectivity index (χ1n) is 24.7. The Morgan fingerprint density at radius 3 is 2.54 bits per heavy atom. The topological polar surface area (TPSA) is 162 Å². The Balaban J connectivity index is 1.15. The highest BCUT2D eigenvalue weighted by Crippen LogP contribution is 2.56. The number of hydrogen-bond donors (Lipinski definition) is 3. The van der Waals surface area contributed by atoms with Crippen LogP contribution in [0.15, 0.2) is 117 Å². The minimum absolute atomic E-state index is 0.00169. The standard InChI is InChI=1S/C59H60O11/c1-35(2)44-16-14-37-15-18-48-46(29-37)39-13-8-23-58(3)55(69-56(44)64)54(52-49(70-58)19-17-45-47(32-61)51(57(65)68-53(45)52)42(22-26-60)33-66-34-62)67-50(63)31-43-30-41(21-25-59(43,48)24-20-39)40-12-7-11-38(28-40)27-36-9-5-4-6-10-36/h4-7,9-12,15,17-19,21,25,28-29,39,41-43,54-55,60-62H,14,16,20,22-24,26-27,30-34H2,1-3H3. The van der Waals surface area contributed by atoms with Gasteiger partial charge in [0.05, 0.1) is 25.2 Å². The molecule has 11 rings (SSSR count). The van der Waals surface area contributed by atoms with Crippen LogP contribution in [0.3, 0.4) is 0 Å². The van der Waals surface area contributed by atoms with Crippen molar-refractivity contribution in [2.24, 2.45) is 5.92 Å². The molecule has 7 bridgehead atoms. The van der Waals surface area contributed by atoms with E-state index in [1.807, 2.05) is 26.8 Å². The summed E-state index contributed by atoms with van der Waals surface area (Å²) in [4.78, 5) is 44.3. The molecule has 362 valence electrons. The van der Waals surface area contributed by atoms with Gasteiger partial charge in [-0.1, -0.05) is 102 Å². The smallest absolute Gasteiger partial charge is 0.340 e. The number of carbonyl (C=O) groups is 2. The second-order valence-electron chi connectivity index (χ2n) is 20.2. The lowest BCUT2D eigenvalue weighted by Gasteiger charge is -2.48. The van der Waals surface area contributed by atoms with Crippen LogP contribution in [-0.4, -0.2) is 59.0 Å². The molecule has 8 unspecified atom stereocenters. The highest BCUT2D eigenvalue weighted by molar-refractivity contribution is 5.90. The largest absolute Gasteiger partial charge is 0.482 e. The first-order valence-corrected chi connectivity index (χ1v) is 24.7. The number of hydrogen-bond acceptors (Lipinski definition) is 11. The van der Waals surface area contributed by atoms with Gasteiger partial charge in [0.25, 0.3) is 0 Å². The summed E-state index contributed by atoms with van der Waals surface area (Å²) in [5, 5.41) is 30.8. The number of aliphatic hydroxyl groups is 3. The van der Waals surface area contributed by atoms with E-state index in [1.165, 1.54) is 16.7 Å². The van der Waals surface area contributed by atoms with Gasteiger partial charge in [0.15, 0.2) is 17.8 Å². The van der Waals surface area contributed by atoms with Gasteiger partial charge in [0.1, 0.15) is 18.1 Å². The van der Waals surface area contributed by atoms with Crippen LogP contribution in [0.2, 0.25) is 0 Å². The molecule has 0 radical (unpaired) electrons. The fraction of sp³-hybridized carbons (Fsp3) is 0.407. The molecule has 4 aliphatic heterocycles. The number of carbonyl (C=O) groups excluding carboxylic acids is 2. The van der Waals surface area contributed by atoms with Gasteiger partial charge in [-0.3, -0.25) is 4.79 Å². The molecule has 11 heteroatoms. The van der Waals surface area contributed by atoms with Crippen LogP contribution in [0.5, 0.6) is 5.75 Å². The molecule has 0 amide bonds. The van der Waals surface area contributed by atoms with Gasteiger partial charge in [-0.05, 0) is 123 Å². The maximum Gasteiger partial charge on any atom is 0.340 e. The van der Waals surface area contributed by atoms with Crippen LogP contribution in [0.1, 0.15) is 140 Å². The lowest BCUT2D eigenvalue weighted by Crippen LogP contribution is -2.54. The van der Waals surface area contributed by atoms with E-state index in [-0.39, 0.29) is 78.3 Å². The van der Waals surface area contributed by atoms with Crippen LogP contribution in [-0.2, 0) is 48.7 Å². The molecule has 3 N–H and O–H groups in total. The van der Waals surface area contributed by atoms with Crippen molar-refractivity contribution in [3.05, 3.63) is 169 Å². The summed E-state index contributed by atoms with van der Waals surface area (Å²) in [6.07, 6.45) is 6.30. The Morgan fingerprint density at radius 2 is 1.76 bits per heavy atom. The van der Waals surface area contributed by atoms with E-state index in [9.17, 15) is 24.9 Å². The average molecular weight is 945 g/mol. The lowest BCUT2D eigenvalue weighted by molar-refractivity contribution is -0.190. The fourth-order valence-corrected chi connectivity index (χ4v) is 12.1. The molecule has 8 atom stereocenters. The van der Waals surface area contributed by atoms with Crippen LogP contribution >= 0.6 is 0 Å². The zero-order chi connectivity index (χ0) is 48.7. The number of aryl methyl sites for hydroxylation is 1. The quantitative estimate of drug-likeness (QED) is 0.0306. The van der Waals surface area contributed by atoms with E-state index < -0.39 is 60.1 Å². The monoisotopic (exact) mass is 944 g/mol. The van der Waals surface area contributed by atoms with Gasteiger partial charge >= 0.3 is 17.6 Å². The zero-order valence-corrected chi connectivity index (χ0v) is 40.0. The number of rotatable bonds is 10. The zero-order valence-electron chi connectivity index (χ0n) is 40.0. The van der Waals surface area contributed by atoms with E-state index in [4.69, 9.17) is 23.4 Å². The van der Waals surface area contributed by atoms with Crippen molar-refractivity contribution < 1.29 is 48.3 Å². The Morgan fingerprint density at radius 1 is 0.929 bits per heavy atom. The van der Waals surface area contributed by atoms with Crippen molar-refractivity contribution in [3.8, 4) is 17.6 Å². The first kappa shape index (κ1) is 47.4. The van der Waals surface area contributed by atoms with Gasteiger partial charge in [0, 0.05) is 52.7 Å². The van der Waals surface area contributed by atoms with Gasteiger partial charge < -0.3 is 38.7 Å². The molecule has 4 aromatic carbocycles. The molecule has 1 aromatic heterocycles. The minimum atomic E-state index is -1.37. The Hall–Kier alpha value is -6.29. The summed E-state index contributed by atoms with van der Waals surface area (Å²) in [6.45, 7) is 3.96. The number of ether oxygens (including phenoxy) is 4. The molecule has 2 aliphatic carbocycles. The van der Waals surface area contributed by atoms with Crippen molar-refractivity contribution in [1.82, 2.24) is 0 Å². The van der Waals surface area contributed by atoms with Crippen LogP contribution in [0, 0.1) is 17.8 Å². The van der Waals surface area contributed by atoms with Gasteiger partial charge in [-0.2, -0.15) is 0 Å². The second kappa shape index (κ2) is 19.5. The predicted molar refractivity (Wildman–Crippen MR) is 263 cm³/mol. The normalized spacial score (nSPS) is 26.1. The minimum Gasteiger partial charge on any atom is -0.482 e. The van der Waals surface area contributed by atoms with E-state index in [0.717, 1.165) is 41.5 Å². The van der Waals surface area contributed by atoms with Crippen molar-refractivity contribution in [2.75, 3.05) is 20.0 Å². The second-order valence-corrected chi connectivity index (χ2v) is 20.2. The summed E-state index contributed by atoms with van der Waals surface area (Å²) >= 11 is 0. The molecule has 6 aliphatic rings. The summed E-state index contributed by atoms with van der Waals surface area (Å²) in [7, 11) is 0. The molecule has 5 aromatic rings. The van der Waals surface area contributed by atoms with Gasteiger partial charge in [-0.25, -0.2) is 9.59 Å². The molecule has 11 nitrogen and oxygen atoms in total. The maximum absolute atomic E-state index is 15.3. The summed E-state index contributed by atoms with van der Waals surface area (Å²) < 4.78 is 31.9. The number of allylic oxidation sites excluding steroid dienone is 3. The average Bonchev–Trinajstić information content (AvgIpc) is 3.34. The van der Waals surface area contributed by atoms with E-state index in [2.05, 4.69) is 90.7 Å². The van der Waals surface area contributed by atoms with Crippen LogP contribution in [0.25, 0.3) is 11.0 Å². The predicted octanol–water partition coefficient (Wildman–Crippen LogP) is 9.21. The van der Waals surface area contributed by atoms with Gasteiger partial charge in [-0.15, -0.1) is 0 Å². The lowest BCUT2D eigenvalue weighted by atomic mass is 9.55. The number of benzene rings is 4. The van der Waals surface area contributed by atoms with Crippen LogP contribution in [0.4, 0.5) is 0 Å².